The van der Waals surface area contributed by atoms with Crippen LogP contribution in [0.5, 0.6) is 5.75 Å². The predicted molar refractivity (Wildman–Crippen MR) is 105 cm³/mol. The molecule has 3 rings (SSSR count). The van der Waals surface area contributed by atoms with E-state index in [0.717, 1.165) is 37.8 Å². The maximum absolute atomic E-state index is 13.4. The normalized spacial score (nSPS) is 19.4. The van der Waals surface area contributed by atoms with Gasteiger partial charge in [0.05, 0.1) is 0 Å². The Labute approximate surface area is 176 Å². The molecule has 1 fully saturated rings. The summed E-state index contributed by atoms with van der Waals surface area (Å²) >= 11 is 5.79. The van der Waals surface area contributed by atoms with Crippen LogP contribution in [0.25, 0.3) is 0 Å². The van der Waals surface area contributed by atoms with Crippen molar-refractivity contribution >= 4 is 17.5 Å². The molecule has 2 N–H and O–H groups in total. The number of rotatable bonds is 6. The number of hydrogen-bond acceptors (Lipinski definition) is 3. The molecular formula is C21H21ClF4N2O2. The van der Waals surface area contributed by atoms with Crippen molar-refractivity contribution in [2.24, 2.45) is 0 Å². The Morgan fingerprint density at radius 1 is 1.07 bits per heavy atom. The van der Waals surface area contributed by atoms with E-state index < -0.39 is 12.2 Å². The van der Waals surface area contributed by atoms with Crippen LogP contribution in [0.2, 0.25) is 5.02 Å². The molecule has 0 unspecified atom stereocenters. The van der Waals surface area contributed by atoms with E-state index >= 15 is 0 Å². The summed E-state index contributed by atoms with van der Waals surface area (Å²) in [6, 6.07) is 9.73. The van der Waals surface area contributed by atoms with E-state index in [0.29, 0.717) is 12.1 Å². The number of benzene rings is 2. The molecule has 162 valence electrons. The topological polar surface area (TPSA) is 50.4 Å². The minimum Gasteiger partial charge on any atom is -0.406 e. The molecule has 0 heterocycles. The van der Waals surface area contributed by atoms with Crippen LogP contribution in [-0.4, -0.2) is 24.4 Å². The SMILES string of the molecule is O=C(N[C@H]1CC[C@H](NCc2cccc(OC(F)(F)F)c2)CC1)c1cc(F)cc(Cl)c1. The van der Waals surface area contributed by atoms with E-state index in [1.54, 1.807) is 6.07 Å². The van der Waals surface area contributed by atoms with Crippen LogP contribution in [-0.2, 0) is 6.54 Å². The zero-order chi connectivity index (χ0) is 21.7. The van der Waals surface area contributed by atoms with Crippen molar-refractivity contribution in [3.8, 4) is 5.75 Å². The molecule has 1 amide bonds. The van der Waals surface area contributed by atoms with E-state index in [4.69, 9.17) is 11.6 Å². The second-order valence-electron chi connectivity index (χ2n) is 7.26. The van der Waals surface area contributed by atoms with Gasteiger partial charge >= 0.3 is 6.36 Å². The summed E-state index contributed by atoms with van der Waals surface area (Å²) in [4.78, 5) is 12.3. The number of nitrogens with one attached hydrogen (secondary N) is 2. The average Bonchev–Trinajstić information content (AvgIpc) is 2.65. The standard InChI is InChI=1S/C21H21ClF4N2O2/c22-15-9-14(10-16(23)11-15)20(29)28-18-6-4-17(5-7-18)27-12-13-2-1-3-19(8-13)30-21(24,25)26/h1-3,8-11,17-18,27H,4-7,12H2,(H,28,29)/t17-,18-. The van der Waals surface area contributed by atoms with Crippen LogP contribution in [0.4, 0.5) is 17.6 Å². The minimum atomic E-state index is -4.72. The summed E-state index contributed by atoms with van der Waals surface area (Å²) in [6.45, 7) is 0.415. The van der Waals surface area contributed by atoms with Crippen molar-refractivity contribution in [2.75, 3.05) is 0 Å². The van der Waals surface area contributed by atoms with Gasteiger partial charge in [0.15, 0.2) is 0 Å². The maximum atomic E-state index is 13.4. The molecule has 0 spiro atoms. The fraction of sp³-hybridized carbons (Fsp3) is 0.381. The van der Waals surface area contributed by atoms with Gasteiger partial charge in [0.1, 0.15) is 11.6 Å². The van der Waals surface area contributed by atoms with E-state index in [1.807, 2.05) is 0 Å². The smallest absolute Gasteiger partial charge is 0.406 e. The molecule has 2 aromatic rings. The average molecular weight is 445 g/mol. The lowest BCUT2D eigenvalue weighted by molar-refractivity contribution is -0.274. The third kappa shape index (κ3) is 6.88. The van der Waals surface area contributed by atoms with Crippen LogP contribution < -0.4 is 15.4 Å². The Morgan fingerprint density at radius 2 is 1.77 bits per heavy atom. The van der Waals surface area contributed by atoms with Gasteiger partial charge in [0.25, 0.3) is 5.91 Å². The van der Waals surface area contributed by atoms with Gasteiger partial charge in [0, 0.05) is 29.2 Å². The Kier molecular flexibility index (Phi) is 7.20. The summed E-state index contributed by atoms with van der Waals surface area (Å²) in [5.41, 5.74) is 0.872. The molecule has 4 nitrogen and oxygen atoms in total. The lowest BCUT2D eigenvalue weighted by Crippen LogP contribution is -2.42. The van der Waals surface area contributed by atoms with Gasteiger partial charge in [-0.3, -0.25) is 4.79 Å². The Balaban J connectivity index is 1.45. The largest absolute Gasteiger partial charge is 0.573 e. The van der Waals surface area contributed by atoms with Crippen LogP contribution in [0.1, 0.15) is 41.6 Å². The van der Waals surface area contributed by atoms with Crippen LogP contribution in [0.15, 0.2) is 42.5 Å². The molecule has 0 aromatic heterocycles. The van der Waals surface area contributed by atoms with Gasteiger partial charge in [-0.15, -0.1) is 13.2 Å². The first-order chi connectivity index (χ1) is 14.2. The number of alkyl halides is 3. The Bertz CT molecular complexity index is 863. The summed E-state index contributed by atoms with van der Waals surface area (Å²) in [7, 11) is 0. The van der Waals surface area contributed by atoms with E-state index in [1.165, 1.54) is 24.3 Å². The van der Waals surface area contributed by atoms with Crippen LogP contribution >= 0.6 is 11.6 Å². The van der Waals surface area contributed by atoms with E-state index in [9.17, 15) is 22.4 Å². The monoisotopic (exact) mass is 444 g/mol. The van der Waals surface area contributed by atoms with Gasteiger partial charge in [0.2, 0.25) is 0 Å². The lowest BCUT2D eigenvalue weighted by atomic mass is 9.91. The van der Waals surface area contributed by atoms with Crippen molar-refractivity contribution in [3.63, 3.8) is 0 Å². The number of ether oxygens (including phenoxy) is 1. The van der Waals surface area contributed by atoms with Crippen molar-refractivity contribution in [3.05, 3.63) is 64.4 Å². The first kappa shape index (κ1) is 22.4. The Hall–Kier alpha value is -2.32. The number of amides is 1. The highest BCUT2D eigenvalue weighted by Crippen LogP contribution is 2.24. The zero-order valence-corrected chi connectivity index (χ0v) is 16.7. The van der Waals surface area contributed by atoms with Gasteiger partial charge in [-0.2, -0.15) is 0 Å². The molecule has 0 atom stereocenters. The fourth-order valence-corrected chi connectivity index (χ4v) is 3.73. The van der Waals surface area contributed by atoms with Crippen LogP contribution in [0.3, 0.4) is 0 Å². The molecule has 1 aliphatic carbocycles. The first-order valence-corrected chi connectivity index (χ1v) is 9.91. The molecule has 1 aliphatic rings. The number of halogens is 5. The molecule has 1 saturated carbocycles. The van der Waals surface area contributed by atoms with Crippen molar-refractivity contribution in [2.45, 2.75) is 50.7 Å². The van der Waals surface area contributed by atoms with E-state index in [-0.39, 0.29) is 34.3 Å². The first-order valence-electron chi connectivity index (χ1n) is 9.53. The highest BCUT2D eigenvalue weighted by Gasteiger charge is 2.31. The van der Waals surface area contributed by atoms with Crippen molar-refractivity contribution in [1.29, 1.82) is 0 Å². The molecule has 9 heteroatoms. The summed E-state index contributed by atoms with van der Waals surface area (Å²) in [5, 5.41) is 6.39. The number of hydrogen-bond donors (Lipinski definition) is 2. The zero-order valence-electron chi connectivity index (χ0n) is 15.9. The lowest BCUT2D eigenvalue weighted by Gasteiger charge is -2.30. The van der Waals surface area contributed by atoms with Gasteiger partial charge < -0.3 is 15.4 Å². The minimum absolute atomic E-state index is 0.0268. The second kappa shape index (κ2) is 9.66. The van der Waals surface area contributed by atoms with E-state index in [2.05, 4.69) is 15.4 Å². The highest BCUT2D eigenvalue weighted by atomic mass is 35.5. The molecule has 0 bridgehead atoms. The van der Waals surface area contributed by atoms with Crippen molar-refractivity contribution < 1.29 is 27.1 Å². The summed E-state index contributed by atoms with van der Waals surface area (Å²) in [6.07, 6.45) is -1.64. The number of carbonyl (C=O) groups excluding carboxylic acids is 1. The van der Waals surface area contributed by atoms with Crippen molar-refractivity contribution in [1.82, 2.24) is 10.6 Å². The Morgan fingerprint density at radius 3 is 2.43 bits per heavy atom. The third-order valence-electron chi connectivity index (χ3n) is 4.91. The predicted octanol–water partition coefficient (Wildman–Crippen LogP) is 5.21. The molecule has 0 radical (unpaired) electrons. The summed E-state index contributed by atoms with van der Waals surface area (Å²) < 4.78 is 54.3. The van der Waals surface area contributed by atoms with Crippen LogP contribution in [0, 0.1) is 5.82 Å². The van der Waals surface area contributed by atoms with Gasteiger partial charge in [-0.1, -0.05) is 23.7 Å². The summed E-state index contributed by atoms with van der Waals surface area (Å²) in [5.74, 6) is -1.18. The van der Waals surface area contributed by atoms with Gasteiger partial charge in [-0.25, -0.2) is 4.39 Å². The maximum Gasteiger partial charge on any atom is 0.573 e. The van der Waals surface area contributed by atoms with Gasteiger partial charge in [-0.05, 0) is 61.6 Å². The third-order valence-corrected chi connectivity index (χ3v) is 5.13. The fourth-order valence-electron chi connectivity index (χ4n) is 3.51. The molecule has 0 saturated heterocycles. The molecule has 30 heavy (non-hydrogen) atoms. The quantitative estimate of drug-likeness (QED) is 0.601. The molecule has 0 aliphatic heterocycles. The molecular weight excluding hydrogens is 424 g/mol. The number of carbonyl (C=O) groups is 1. The molecule has 2 aromatic carbocycles. The highest BCUT2D eigenvalue weighted by molar-refractivity contribution is 6.31. The second-order valence-corrected chi connectivity index (χ2v) is 7.69.